The zero-order valence-electron chi connectivity index (χ0n) is 11.9. The van der Waals surface area contributed by atoms with Crippen LogP contribution < -0.4 is 10.1 Å². The van der Waals surface area contributed by atoms with Crippen LogP contribution in [0, 0.1) is 5.41 Å². The van der Waals surface area contributed by atoms with Gasteiger partial charge in [0.15, 0.2) is 0 Å². The second kappa shape index (κ2) is 5.19. The van der Waals surface area contributed by atoms with Gasteiger partial charge in [-0.05, 0) is 24.6 Å². The van der Waals surface area contributed by atoms with E-state index in [1.165, 1.54) is 0 Å². The molecule has 0 saturated carbocycles. The number of likely N-dealkylation sites (N-methyl/N-ethyl adjacent to an activating group) is 1. The zero-order valence-corrected chi connectivity index (χ0v) is 11.9. The van der Waals surface area contributed by atoms with Crippen LogP contribution in [0.5, 0.6) is 5.75 Å². The van der Waals surface area contributed by atoms with E-state index in [9.17, 15) is 0 Å². The van der Waals surface area contributed by atoms with E-state index in [-0.39, 0.29) is 6.10 Å². The van der Waals surface area contributed by atoms with Crippen LogP contribution >= 0.6 is 0 Å². The van der Waals surface area contributed by atoms with Crippen LogP contribution in [0.25, 0.3) is 0 Å². The topological polar surface area (TPSA) is 24.5 Å². The smallest absolute Gasteiger partial charge is 0.142 e. The highest BCUT2D eigenvalue weighted by Gasteiger charge is 2.22. The number of rotatable bonds is 3. The number of ether oxygens (including phenoxy) is 1. The van der Waals surface area contributed by atoms with Crippen LogP contribution in [0.3, 0.4) is 0 Å². The molecule has 0 amide bonds. The van der Waals surface area contributed by atoms with Gasteiger partial charge in [0.05, 0.1) is 12.2 Å². The summed E-state index contributed by atoms with van der Waals surface area (Å²) in [5.74, 6) is 0.970. The highest BCUT2D eigenvalue weighted by Crippen LogP contribution is 2.28. The van der Waals surface area contributed by atoms with Crippen molar-refractivity contribution >= 4 is 5.69 Å². The van der Waals surface area contributed by atoms with Crippen molar-refractivity contribution < 1.29 is 4.74 Å². The van der Waals surface area contributed by atoms with E-state index < -0.39 is 0 Å². The Kier molecular flexibility index (Phi) is 3.81. The van der Waals surface area contributed by atoms with Crippen LogP contribution in [0.4, 0.5) is 5.69 Å². The molecule has 1 heterocycles. The zero-order chi connectivity index (χ0) is 13.2. The predicted octanol–water partition coefficient (Wildman–Crippen LogP) is 2.84. The monoisotopic (exact) mass is 248 g/mol. The maximum atomic E-state index is 6.01. The molecule has 0 fully saturated rings. The van der Waals surface area contributed by atoms with Crippen LogP contribution in [0.15, 0.2) is 24.3 Å². The summed E-state index contributed by atoms with van der Waals surface area (Å²) in [7, 11) is 2.16. The molecule has 1 aliphatic rings. The minimum atomic E-state index is 0.229. The number of nitrogens with one attached hydrogen (secondary N) is 1. The minimum absolute atomic E-state index is 0.229. The molecule has 0 aliphatic carbocycles. The van der Waals surface area contributed by atoms with E-state index in [2.05, 4.69) is 44.1 Å². The Morgan fingerprint density at radius 3 is 2.78 bits per heavy atom. The van der Waals surface area contributed by atoms with Crippen LogP contribution in [-0.4, -0.2) is 37.7 Å². The summed E-state index contributed by atoms with van der Waals surface area (Å²) in [5, 5.41) is 3.43. The molecule has 1 atom stereocenters. The average molecular weight is 248 g/mol. The number of hydrogen-bond donors (Lipinski definition) is 1. The molecule has 0 bridgehead atoms. The fourth-order valence-electron chi connectivity index (χ4n) is 2.48. The maximum absolute atomic E-state index is 6.01. The van der Waals surface area contributed by atoms with E-state index in [1.54, 1.807) is 0 Å². The molecule has 1 aromatic carbocycles. The first kappa shape index (κ1) is 13.2. The van der Waals surface area contributed by atoms with E-state index in [0.717, 1.165) is 31.1 Å². The van der Waals surface area contributed by atoms with Gasteiger partial charge in [-0.15, -0.1) is 0 Å². The Bertz CT molecular complexity index is 398. The largest absolute Gasteiger partial charge is 0.485 e. The van der Waals surface area contributed by atoms with Crippen molar-refractivity contribution in [3.05, 3.63) is 24.3 Å². The summed E-state index contributed by atoms with van der Waals surface area (Å²) in [4.78, 5) is 2.35. The van der Waals surface area contributed by atoms with Crippen molar-refractivity contribution in [2.75, 3.05) is 32.0 Å². The van der Waals surface area contributed by atoms with Crippen LogP contribution in [0.1, 0.15) is 20.8 Å². The van der Waals surface area contributed by atoms with E-state index in [1.807, 2.05) is 18.2 Å². The number of hydrogen-bond acceptors (Lipinski definition) is 3. The van der Waals surface area contributed by atoms with Crippen molar-refractivity contribution in [3.8, 4) is 5.75 Å². The summed E-state index contributed by atoms with van der Waals surface area (Å²) >= 11 is 0. The predicted molar refractivity (Wildman–Crippen MR) is 76.3 cm³/mol. The molecule has 1 aromatic rings. The lowest BCUT2D eigenvalue weighted by molar-refractivity contribution is 0.129. The van der Waals surface area contributed by atoms with Gasteiger partial charge in [0.2, 0.25) is 0 Å². The highest BCUT2D eigenvalue weighted by molar-refractivity contribution is 5.57. The van der Waals surface area contributed by atoms with Crippen molar-refractivity contribution in [2.24, 2.45) is 5.41 Å². The first-order valence-electron chi connectivity index (χ1n) is 6.62. The molecule has 0 radical (unpaired) electrons. The minimum Gasteiger partial charge on any atom is -0.485 e. The number of fused-ring (bicyclic) bond motifs is 1. The molecule has 18 heavy (non-hydrogen) atoms. The lowest BCUT2D eigenvalue weighted by Crippen LogP contribution is -2.42. The van der Waals surface area contributed by atoms with Gasteiger partial charge in [-0.25, -0.2) is 0 Å². The molecular formula is C15H24N2O. The summed E-state index contributed by atoms with van der Waals surface area (Å²) in [6.07, 6.45) is 0.229. The van der Waals surface area contributed by atoms with E-state index in [4.69, 9.17) is 4.74 Å². The Hall–Kier alpha value is -1.22. The quantitative estimate of drug-likeness (QED) is 0.890. The number of para-hydroxylation sites is 2. The maximum Gasteiger partial charge on any atom is 0.142 e. The first-order chi connectivity index (χ1) is 8.44. The second-order valence-corrected chi connectivity index (χ2v) is 6.37. The van der Waals surface area contributed by atoms with Crippen molar-refractivity contribution in [1.29, 1.82) is 0 Å². The van der Waals surface area contributed by atoms with Gasteiger partial charge >= 0.3 is 0 Å². The molecule has 3 nitrogen and oxygen atoms in total. The van der Waals surface area contributed by atoms with Gasteiger partial charge in [-0.3, -0.25) is 0 Å². The van der Waals surface area contributed by atoms with Crippen LogP contribution in [0.2, 0.25) is 0 Å². The van der Waals surface area contributed by atoms with Crippen molar-refractivity contribution in [2.45, 2.75) is 26.9 Å². The summed E-state index contributed by atoms with van der Waals surface area (Å²) in [5.41, 5.74) is 1.43. The van der Waals surface area contributed by atoms with Gasteiger partial charge in [0, 0.05) is 13.1 Å². The van der Waals surface area contributed by atoms with Gasteiger partial charge in [-0.2, -0.15) is 0 Å². The third kappa shape index (κ3) is 3.64. The van der Waals surface area contributed by atoms with Crippen molar-refractivity contribution in [3.63, 3.8) is 0 Å². The lowest BCUT2D eigenvalue weighted by Gasteiger charge is -2.33. The van der Waals surface area contributed by atoms with Gasteiger partial charge in [-0.1, -0.05) is 32.9 Å². The number of anilines is 1. The summed E-state index contributed by atoms with van der Waals surface area (Å²) < 4.78 is 6.01. The molecule has 0 spiro atoms. The van der Waals surface area contributed by atoms with Gasteiger partial charge < -0.3 is 15.0 Å². The highest BCUT2D eigenvalue weighted by atomic mass is 16.5. The number of nitrogens with zero attached hydrogens (tertiary/aromatic N) is 1. The SMILES string of the molecule is CN(CC1CNc2ccccc2O1)CC(C)(C)C. The Morgan fingerprint density at radius 2 is 2.06 bits per heavy atom. The Morgan fingerprint density at radius 1 is 1.33 bits per heavy atom. The van der Waals surface area contributed by atoms with E-state index in [0.29, 0.717) is 5.41 Å². The molecule has 3 heteroatoms. The Labute approximate surface area is 110 Å². The lowest BCUT2D eigenvalue weighted by atomic mass is 9.96. The second-order valence-electron chi connectivity index (χ2n) is 6.37. The first-order valence-corrected chi connectivity index (χ1v) is 6.62. The molecule has 1 N–H and O–H groups in total. The number of benzene rings is 1. The fraction of sp³-hybridized carbons (Fsp3) is 0.600. The molecular weight excluding hydrogens is 224 g/mol. The molecule has 0 aromatic heterocycles. The normalized spacial score (nSPS) is 19.1. The fourth-order valence-corrected chi connectivity index (χ4v) is 2.48. The third-order valence-electron chi connectivity index (χ3n) is 2.96. The molecule has 100 valence electrons. The Balaban J connectivity index is 1.90. The average Bonchev–Trinajstić information content (AvgIpc) is 2.26. The molecule has 1 aliphatic heterocycles. The van der Waals surface area contributed by atoms with Crippen LogP contribution in [-0.2, 0) is 0 Å². The summed E-state index contributed by atoms with van der Waals surface area (Å²) in [6, 6.07) is 8.13. The molecule has 1 unspecified atom stereocenters. The van der Waals surface area contributed by atoms with Gasteiger partial charge in [0.25, 0.3) is 0 Å². The van der Waals surface area contributed by atoms with Crippen molar-refractivity contribution in [1.82, 2.24) is 4.90 Å². The van der Waals surface area contributed by atoms with E-state index >= 15 is 0 Å². The van der Waals surface area contributed by atoms with Gasteiger partial charge in [0.1, 0.15) is 11.9 Å². The standard InChI is InChI=1S/C15H24N2O/c1-15(2,3)11-17(4)10-12-9-16-13-7-5-6-8-14(13)18-12/h5-8,12,16H,9-11H2,1-4H3. The molecule has 2 rings (SSSR count). The third-order valence-corrected chi connectivity index (χ3v) is 2.96. The summed E-state index contributed by atoms with van der Waals surface area (Å²) in [6.45, 7) is 9.70. The molecule has 0 saturated heterocycles.